The molecule has 0 saturated carbocycles. The van der Waals surface area contributed by atoms with Crippen molar-refractivity contribution in [1.82, 2.24) is 0 Å². The molecule has 0 aliphatic rings. The number of benzene rings is 2. The Hall–Kier alpha value is -2.43. The van der Waals surface area contributed by atoms with Crippen LogP contribution in [0.3, 0.4) is 0 Å². The Balaban J connectivity index is 2.85. The second-order valence-corrected chi connectivity index (χ2v) is 3.38. The second-order valence-electron chi connectivity index (χ2n) is 3.38. The standard InChI is InChI=1S/C12H7FO4/c13-17-12(16)9-6-2-4-7-3-1-5-8(10(7)9)11(14)15/h1-6H,(H,14,15). The quantitative estimate of drug-likeness (QED) is 0.867. The highest BCUT2D eigenvalue weighted by atomic mass is 19.3. The van der Waals surface area contributed by atoms with E-state index >= 15 is 0 Å². The molecule has 1 N–H and O–H groups in total. The number of carbonyl (C=O) groups excluding carboxylic acids is 1. The molecule has 0 aromatic heterocycles. The lowest BCUT2D eigenvalue weighted by atomic mass is 9.99. The number of fused-ring (bicyclic) bond motifs is 1. The number of hydrogen-bond donors (Lipinski definition) is 1. The molecule has 2 aromatic carbocycles. The molecule has 0 bridgehead atoms. The van der Waals surface area contributed by atoms with Gasteiger partial charge in [0.1, 0.15) is 0 Å². The third-order valence-corrected chi connectivity index (χ3v) is 2.43. The van der Waals surface area contributed by atoms with Crippen LogP contribution in [-0.2, 0) is 4.94 Å². The monoisotopic (exact) mass is 234 g/mol. The molecule has 0 aliphatic carbocycles. The zero-order valence-corrected chi connectivity index (χ0v) is 8.51. The van der Waals surface area contributed by atoms with E-state index in [4.69, 9.17) is 5.11 Å². The van der Waals surface area contributed by atoms with E-state index in [0.29, 0.717) is 5.39 Å². The molecule has 5 heteroatoms. The van der Waals surface area contributed by atoms with Gasteiger partial charge in [-0.1, -0.05) is 24.3 Å². The molecule has 0 saturated heterocycles. The highest BCUT2D eigenvalue weighted by molar-refractivity contribution is 6.12. The first-order valence-electron chi connectivity index (χ1n) is 4.73. The van der Waals surface area contributed by atoms with Gasteiger partial charge in [0.25, 0.3) is 0 Å². The first-order valence-corrected chi connectivity index (χ1v) is 4.73. The van der Waals surface area contributed by atoms with E-state index in [1.807, 2.05) is 0 Å². The number of carboxylic acid groups (broad SMARTS) is 1. The van der Waals surface area contributed by atoms with Crippen LogP contribution in [0.15, 0.2) is 36.4 Å². The molecule has 4 nitrogen and oxygen atoms in total. The molecule has 2 aromatic rings. The summed E-state index contributed by atoms with van der Waals surface area (Å²) in [5, 5.41) is 9.72. The SMILES string of the molecule is O=C(O)c1cccc2cccc(C(=O)OF)c12. The van der Waals surface area contributed by atoms with Crippen LogP contribution in [0.1, 0.15) is 20.7 Å². The molecule has 2 rings (SSSR count). The van der Waals surface area contributed by atoms with Crippen molar-refractivity contribution in [3.8, 4) is 0 Å². The molecule has 0 atom stereocenters. The minimum absolute atomic E-state index is 0.0662. The van der Waals surface area contributed by atoms with E-state index in [1.54, 1.807) is 18.2 Å². The van der Waals surface area contributed by atoms with Crippen LogP contribution in [-0.4, -0.2) is 17.0 Å². The summed E-state index contributed by atoms with van der Waals surface area (Å²) in [5.41, 5.74) is -0.175. The third kappa shape index (κ3) is 1.82. The number of carbonyl (C=O) groups is 2. The molecule has 86 valence electrons. The summed E-state index contributed by atoms with van der Waals surface area (Å²) in [6.45, 7) is 0. The Labute approximate surface area is 95.1 Å². The van der Waals surface area contributed by atoms with Crippen molar-refractivity contribution in [3.63, 3.8) is 0 Å². The van der Waals surface area contributed by atoms with Crippen molar-refractivity contribution < 1.29 is 24.2 Å². The summed E-state index contributed by atoms with van der Waals surface area (Å²) >= 11 is 0. The topological polar surface area (TPSA) is 63.6 Å². The normalized spacial score (nSPS) is 10.2. The van der Waals surface area contributed by atoms with Gasteiger partial charge in [0.05, 0.1) is 11.1 Å². The maximum Gasteiger partial charge on any atom is 0.380 e. The van der Waals surface area contributed by atoms with Gasteiger partial charge in [0.2, 0.25) is 0 Å². The largest absolute Gasteiger partial charge is 0.478 e. The van der Waals surface area contributed by atoms with E-state index in [9.17, 15) is 14.1 Å². The minimum Gasteiger partial charge on any atom is -0.478 e. The van der Waals surface area contributed by atoms with Crippen molar-refractivity contribution in [3.05, 3.63) is 47.5 Å². The lowest BCUT2D eigenvalue weighted by Crippen LogP contribution is -2.04. The van der Waals surface area contributed by atoms with E-state index in [1.165, 1.54) is 18.2 Å². The third-order valence-electron chi connectivity index (χ3n) is 2.43. The summed E-state index contributed by atoms with van der Waals surface area (Å²) in [5.74, 6) is -2.39. The summed E-state index contributed by atoms with van der Waals surface area (Å²) in [4.78, 5) is 25.4. The molecule has 0 amide bonds. The average molecular weight is 234 g/mol. The van der Waals surface area contributed by atoms with Crippen LogP contribution in [0.2, 0.25) is 0 Å². The van der Waals surface area contributed by atoms with Crippen LogP contribution in [0, 0.1) is 0 Å². The molecule has 17 heavy (non-hydrogen) atoms. The second kappa shape index (κ2) is 4.21. The molecular weight excluding hydrogens is 227 g/mol. The lowest BCUT2D eigenvalue weighted by molar-refractivity contribution is -0.0786. The fraction of sp³-hybridized carbons (Fsp3) is 0. The Morgan fingerprint density at radius 2 is 1.65 bits per heavy atom. The zero-order valence-electron chi connectivity index (χ0n) is 8.51. The smallest absolute Gasteiger partial charge is 0.380 e. The van der Waals surface area contributed by atoms with Gasteiger partial charge in [-0.3, -0.25) is 0 Å². The van der Waals surface area contributed by atoms with Gasteiger partial charge in [-0.15, -0.1) is 0 Å². The fourth-order valence-electron chi connectivity index (χ4n) is 1.73. The highest BCUT2D eigenvalue weighted by Gasteiger charge is 2.17. The first-order chi connectivity index (χ1) is 8.15. The van der Waals surface area contributed by atoms with Crippen LogP contribution >= 0.6 is 0 Å². The molecule has 0 spiro atoms. The number of carboxylic acids is 1. The van der Waals surface area contributed by atoms with Crippen LogP contribution in [0.25, 0.3) is 10.8 Å². The van der Waals surface area contributed by atoms with Gasteiger partial charge in [0.15, 0.2) is 0 Å². The molecular formula is C12H7FO4. The highest BCUT2D eigenvalue weighted by Crippen LogP contribution is 2.24. The van der Waals surface area contributed by atoms with Crippen molar-refractivity contribution >= 4 is 22.7 Å². The summed E-state index contributed by atoms with van der Waals surface area (Å²) in [6.07, 6.45) is 0. The number of rotatable bonds is 2. The van der Waals surface area contributed by atoms with E-state index in [2.05, 4.69) is 4.94 Å². The van der Waals surface area contributed by atoms with Crippen LogP contribution in [0.4, 0.5) is 4.53 Å². The minimum atomic E-state index is -1.20. The average Bonchev–Trinajstić information content (AvgIpc) is 2.36. The van der Waals surface area contributed by atoms with Gasteiger partial charge in [-0.25, -0.2) is 14.5 Å². The Kier molecular flexibility index (Phi) is 2.74. The van der Waals surface area contributed by atoms with Crippen molar-refractivity contribution in [2.24, 2.45) is 0 Å². The van der Waals surface area contributed by atoms with Gasteiger partial charge >= 0.3 is 11.9 Å². The fourth-order valence-corrected chi connectivity index (χ4v) is 1.73. The predicted octanol–water partition coefficient (Wildman–Crippen LogP) is 2.58. The van der Waals surface area contributed by atoms with E-state index in [-0.39, 0.29) is 16.5 Å². The first kappa shape index (κ1) is 11.1. The Bertz CT molecular complexity index is 601. The Morgan fingerprint density at radius 3 is 2.18 bits per heavy atom. The Morgan fingerprint density at radius 1 is 1.06 bits per heavy atom. The summed E-state index contributed by atoms with van der Waals surface area (Å²) in [7, 11) is 0. The predicted molar refractivity (Wildman–Crippen MR) is 57.4 cm³/mol. The van der Waals surface area contributed by atoms with Crippen molar-refractivity contribution in [2.45, 2.75) is 0 Å². The molecule has 0 radical (unpaired) electrons. The zero-order chi connectivity index (χ0) is 12.4. The maximum absolute atomic E-state index is 11.9. The molecule has 0 aliphatic heterocycles. The number of aromatic carboxylic acids is 1. The number of halogens is 1. The van der Waals surface area contributed by atoms with Crippen LogP contribution < -0.4 is 0 Å². The molecule has 0 fully saturated rings. The maximum atomic E-state index is 11.9. The lowest BCUT2D eigenvalue weighted by Gasteiger charge is -2.05. The van der Waals surface area contributed by atoms with E-state index < -0.39 is 11.9 Å². The molecule has 0 heterocycles. The van der Waals surface area contributed by atoms with Crippen molar-refractivity contribution in [1.29, 1.82) is 0 Å². The molecule has 0 unspecified atom stereocenters. The van der Waals surface area contributed by atoms with Crippen LogP contribution in [0.5, 0.6) is 0 Å². The van der Waals surface area contributed by atoms with Gasteiger partial charge in [0, 0.05) is 9.91 Å². The number of hydrogen-bond acceptors (Lipinski definition) is 3. The van der Waals surface area contributed by atoms with Gasteiger partial charge in [-0.2, -0.15) is 0 Å². The van der Waals surface area contributed by atoms with Gasteiger partial charge < -0.3 is 5.11 Å². The van der Waals surface area contributed by atoms with E-state index in [0.717, 1.165) is 0 Å². The summed E-state index contributed by atoms with van der Waals surface area (Å²) in [6, 6.07) is 9.01. The summed E-state index contributed by atoms with van der Waals surface area (Å²) < 4.78 is 11.9. The van der Waals surface area contributed by atoms with Crippen molar-refractivity contribution in [2.75, 3.05) is 0 Å². The van der Waals surface area contributed by atoms with Gasteiger partial charge in [-0.05, 0) is 17.5 Å².